The largest absolute Gasteiger partial charge is 0.463 e. The average Bonchev–Trinajstić information content (AvgIpc) is 3.46. The van der Waals surface area contributed by atoms with Crippen molar-refractivity contribution in [3.8, 4) is 22.9 Å². The number of nitrogens with zero attached hydrogens (tertiary/aromatic N) is 2. The lowest BCUT2D eigenvalue weighted by atomic mass is 9.96. The Morgan fingerprint density at radius 1 is 1.19 bits per heavy atom. The zero-order chi connectivity index (χ0) is 18.3. The van der Waals surface area contributed by atoms with Gasteiger partial charge < -0.3 is 4.74 Å². The Morgan fingerprint density at radius 3 is 2.65 bits per heavy atom. The topological polar surface area (TPSA) is 55.0 Å². The number of hydrogen-bond acceptors (Lipinski definition) is 3. The monoisotopic (exact) mass is 352 g/mol. The molecule has 0 radical (unpaired) electrons. The quantitative estimate of drug-likeness (QED) is 0.703. The van der Waals surface area contributed by atoms with Gasteiger partial charge in [-0.15, -0.1) is 0 Å². The molecule has 2 aromatic carbocycles. The molecule has 0 aliphatic heterocycles. The number of hydrogen-bond donors (Lipinski definition) is 0. The van der Waals surface area contributed by atoms with Gasteiger partial charge in [-0.25, -0.2) is 8.78 Å². The second-order valence-corrected chi connectivity index (χ2v) is 6.21. The van der Waals surface area contributed by atoms with E-state index in [0.29, 0.717) is 21.9 Å². The molecule has 1 aliphatic carbocycles. The molecule has 1 fully saturated rings. The molecule has 0 unspecified atom stereocenters. The van der Waals surface area contributed by atoms with Gasteiger partial charge in [-0.2, -0.15) is 5.26 Å². The van der Waals surface area contributed by atoms with Crippen LogP contribution in [0.5, 0.6) is 5.75 Å². The van der Waals surface area contributed by atoms with Gasteiger partial charge in [0.25, 0.3) is 5.56 Å². The van der Waals surface area contributed by atoms with Crippen LogP contribution in [-0.2, 0) is 0 Å². The molecule has 130 valence electrons. The van der Waals surface area contributed by atoms with Crippen molar-refractivity contribution in [3.05, 3.63) is 64.3 Å². The second kappa shape index (κ2) is 6.26. The molecule has 0 N–H and O–H groups in total. The smallest absolute Gasteiger partial charge is 0.259 e. The average molecular weight is 352 g/mol. The Hall–Kier alpha value is -3.20. The van der Waals surface area contributed by atoms with E-state index in [1.165, 1.54) is 28.8 Å². The molecule has 0 atom stereocenters. The first-order valence-electron chi connectivity index (χ1n) is 8.21. The van der Waals surface area contributed by atoms with Gasteiger partial charge in [-0.3, -0.25) is 9.36 Å². The van der Waals surface area contributed by atoms with Crippen molar-refractivity contribution >= 4 is 10.8 Å². The van der Waals surface area contributed by atoms with E-state index in [0.717, 1.165) is 12.8 Å². The lowest BCUT2D eigenvalue weighted by Gasteiger charge is -2.16. The number of alkyl halides is 1. The van der Waals surface area contributed by atoms with Crippen LogP contribution in [-0.4, -0.2) is 11.4 Å². The molecule has 0 bridgehead atoms. The normalized spacial score (nSPS) is 13.6. The van der Waals surface area contributed by atoms with Crippen LogP contribution in [0.4, 0.5) is 8.78 Å². The minimum atomic E-state index is -1.01. The molecule has 0 saturated heterocycles. The lowest BCUT2D eigenvalue weighted by molar-refractivity contribution is 0.192. The van der Waals surface area contributed by atoms with Gasteiger partial charge in [0, 0.05) is 22.4 Å². The molecule has 0 spiro atoms. The summed E-state index contributed by atoms with van der Waals surface area (Å²) in [5.74, 6) is -0.204. The van der Waals surface area contributed by atoms with E-state index in [1.54, 1.807) is 18.2 Å². The van der Waals surface area contributed by atoms with E-state index < -0.39 is 12.7 Å². The maximum Gasteiger partial charge on any atom is 0.259 e. The predicted octanol–water partition coefficient (Wildman–Crippen LogP) is 4.32. The van der Waals surface area contributed by atoms with Crippen LogP contribution in [0.2, 0.25) is 0 Å². The summed E-state index contributed by atoms with van der Waals surface area (Å²) in [4.78, 5) is 12.9. The number of aromatic nitrogens is 1. The van der Waals surface area contributed by atoms with Crippen LogP contribution in [0.1, 0.15) is 24.6 Å². The summed E-state index contributed by atoms with van der Waals surface area (Å²) in [6, 6.07) is 12.6. The first-order valence-corrected chi connectivity index (χ1v) is 8.21. The molecular weight excluding hydrogens is 338 g/mol. The van der Waals surface area contributed by atoms with E-state index in [4.69, 9.17) is 4.74 Å². The van der Waals surface area contributed by atoms with Crippen LogP contribution in [0.3, 0.4) is 0 Å². The van der Waals surface area contributed by atoms with Gasteiger partial charge in [-0.05, 0) is 48.7 Å². The van der Waals surface area contributed by atoms with Crippen LogP contribution < -0.4 is 10.3 Å². The Morgan fingerprint density at radius 2 is 2.00 bits per heavy atom. The fourth-order valence-corrected chi connectivity index (χ4v) is 3.28. The van der Waals surface area contributed by atoms with Gasteiger partial charge >= 0.3 is 0 Å². The van der Waals surface area contributed by atoms with Gasteiger partial charge in [0.2, 0.25) is 6.86 Å². The molecule has 4 nitrogen and oxygen atoms in total. The maximum atomic E-state index is 13.8. The first-order chi connectivity index (χ1) is 12.6. The van der Waals surface area contributed by atoms with Gasteiger partial charge in [-0.1, -0.05) is 12.1 Å². The van der Waals surface area contributed by atoms with E-state index in [9.17, 15) is 18.8 Å². The fourth-order valence-electron chi connectivity index (χ4n) is 3.28. The highest BCUT2D eigenvalue weighted by Crippen LogP contribution is 2.39. The standard InChI is InChI=1S/C20H14F2N2O2/c21-11-26-15-6-7-16-17(9-15)19(12-2-1-3-13(22)8-12)18(10-23)24(20(16)25)14-4-5-14/h1-3,6-9,14H,4-5,11H2. The van der Waals surface area contributed by atoms with Crippen molar-refractivity contribution in [1.82, 2.24) is 4.57 Å². The van der Waals surface area contributed by atoms with E-state index in [-0.39, 0.29) is 23.0 Å². The zero-order valence-corrected chi connectivity index (χ0v) is 13.7. The lowest BCUT2D eigenvalue weighted by Crippen LogP contribution is -2.23. The maximum absolute atomic E-state index is 13.8. The summed E-state index contributed by atoms with van der Waals surface area (Å²) in [5.41, 5.74) is 0.857. The van der Waals surface area contributed by atoms with Crippen molar-refractivity contribution in [1.29, 1.82) is 5.26 Å². The van der Waals surface area contributed by atoms with E-state index in [2.05, 4.69) is 6.07 Å². The second-order valence-electron chi connectivity index (χ2n) is 6.21. The number of pyridine rings is 1. The van der Waals surface area contributed by atoms with Crippen molar-refractivity contribution in [2.24, 2.45) is 0 Å². The summed E-state index contributed by atoms with van der Waals surface area (Å²) in [5, 5.41) is 10.6. The van der Waals surface area contributed by atoms with E-state index >= 15 is 0 Å². The third-order valence-electron chi connectivity index (χ3n) is 4.54. The Labute approximate surface area is 147 Å². The molecule has 26 heavy (non-hydrogen) atoms. The molecule has 1 heterocycles. The van der Waals surface area contributed by atoms with Crippen molar-refractivity contribution in [2.75, 3.05) is 6.86 Å². The number of halogens is 2. The highest BCUT2D eigenvalue weighted by molar-refractivity contribution is 5.99. The summed E-state index contributed by atoms with van der Waals surface area (Å²) in [6.07, 6.45) is 1.65. The van der Waals surface area contributed by atoms with Crippen molar-refractivity contribution in [3.63, 3.8) is 0 Å². The minimum absolute atomic E-state index is 0.0179. The fraction of sp³-hybridized carbons (Fsp3) is 0.200. The third-order valence-corrected chi connectivity index (χ3v) is 4.54. The Balaban J connectivity index is 2.14. The Bertz CT molecular complexity index is 1110. The van der Waals surface area contributed by atoms with Gasteiger partial charge in [0.1, 0.15) is 23.3 Å². The molecule has 1 saturated carbocycles. The summed E-state index contributed by atoms with van der Waals surface area (Å²) in [7, 11) is 0. The number of fused-ring (bicyclic) bond motifs is 1. The number of ether oxygens (including phenoxy) is 1. The highest BCUT2D eigenvalue weighted by Gasteiger charge is 2.30. The van der Waals surface area contributed by atoms with Gasteiger partial charge in [0.15, 0.2) is 0 Å². The zero-order valence-electron chi connectivity index (χ0n) is 13.7. The summed E-state index contributed by atoms with van der Waals surface area (Å²) in [6.45, 7) is -1.01. The van der Waals surface area contributed by atoms with Crippen molar-refractivity contribution < 1.29 is 13.5 Å². The molecule has 4 rings (SSSR count). The van der Waals surface area contributed by atoms with Gasteiger partial charge in [0.05, 0.1) is 0 Å². The third kappa shape index (κ3) is 2.62. The number of rotatable bonds is 4. The van der Waals surface area contributed by atoms with E-state index in [1.807, 2.05) is 0 Å². The van der Waals surface area contributed by atoms with Crippen LogP contribution in [0.15, 0.2) is 47.3 Å². The molecule has 3 aromatic rings. The Kier molecular flexibility index (Phi) is 3.92. The van der Waals surface area contributed by atoms with Crippen molar-refractivity contribution in [2.45, 2.75) is 18.9 Å². The number of benzene rings is 2. The highest BCUT2D eigenvalue weighted by atomic mass is 19.1. The summed E-state index contributed by atoms with van der Waals surface area (Å²) >= 11 is 0. The first kappa shape index (κ1) is 16.3. The molecule has 1 aromatic heterocycles. The minimum Gasteiger partial charge on any atom is -0.463 e. The van der Waals surface area contributed by atoms with Crippen LogP contribution >= 0.6 is 0 Å². The SMILES string of the molecule is N#Cc1c(-c2cccc(F)c2)c2cc(OCF)ccc2c(=O)n1C1CC1. The summed E-state index contributed by atoms with van der Waals surface area (Å²) < 4.78 is 32.8. The predicted molar refractivity (Wildman–Crippen MR) is 93.2 cm³/mol. The van der Waals surface area contributed by atoms with Crippen LogP contribution in [0, 0.1) is 17.1 Å². The molecule has 1 aliphatic rings. The molecule has 0 amide bonds. The molecular formula is C20H14F2N2O2. The number of nitriles is 1. The molecule has 6 heteroatoms. The van der Waals surface area contributed by atoms with Crippen LogP contribution in [0.25, 0.3) is 21.9 Å².